The van der Waals surface area contributed by atoms with Crippen molar-refractivity contribution in [3.8, 4) is 0 Å². The topological polar surface area (TPSA) is 12.0 Å². The summed E-state index contributed by atoms with van der Waals surface area (Å²) in [5.74, 6) is -0.525. The quantitative estimate of drug-likeness (QED) is 0.889. The van der Waals surface area contributed by atoms with Crippen LogP contribution in [0.4, 0.5) is 8.78 Å². The average molecular weight is 273 g/mol. The van der Waals surface area contributed by atoms with Crippen molar-refractivity contribution in [2.45, 2.75) is 25.3 Å². The number of fused-ring (bicyclic) bond motifs is 1. The van der Waals surface area contributed by atoms with E-state index in [-0.39, 0.29) is 6.04 Å². The number of rotatable bonds is 4. The van der Waals surface area contributed by atoms with Gasteiger partial charge in [-0.25, -0.2) is 8.78 Å². The van der Waals surface area contributed by atoms with E-state index in [1.807, 2.05) is 13.0 Å². The molecular formula is C17H17F2N. The SMILES string of the molecule is CC(NCC1Cc2ccccc21)c1ccc(F)cc1F. The van der Waals surface area contributed by atoms with Gasteiger partial charge in [-0.1, -0.05) is 30.3 Å². The Morgan fingerprint density at radius 3 is 2.75 bits per heavy atom. The molecule has 1 aliphatic carbocycles. The van der Waals surface area contributed by atoms with Gasteiger partial charge < -0.3 is 5.32 Å². The molecule has 0 saturated carbocycles. The summed E-state index contributed by atoms with van der Waals surface area (Å²) in [7, 11) is 0. The largest absolute Gasteiger partial charge is 0.309 e. The Balaban J connectivity index is 1.62. The van der Waals surface area contributed by atoms with Gasteiger partial charge in [-0.2, -0.15) is 0 Å². The minimum absolute atomic E-state index is 0.122. The van der Waals surface area contributed by atoms with E-state index >= 15 is 0 Å². The average Bonchev–Trinajstić information content (AvgIpc) is 2.39. The van der Waals surface area contributed by atoms with Crippen LogP contribution in [0, 0.1) is 11.6 Å². The molecule has 0 saturated heterocycles. The lowest BCUT2D eigenvalue weighted by molar-refractivity contribution is 0.471. The number of nitrogens with one attached hydrogen (secondary N) is 1. The molecule has 0 spiro atoms. The molecular weight excluding hydrogens is 256 g/mol. The van der Waals surface area contributed by atoms with Gasteiger partial charge >= 0.3 is 0 Å². The zero-order valence-corrected chi connectivity index (χ0v) is 11.4. The molecule has 3 heteroatoms. The lowest BCUT2D eigenvalue weighted by Crippen LogP contribution is -2.31. The number of halogens is 2. The molecule has 0 aliphatic heterocycles. The fourth-order valence-electron chi connectivity index (χ4n) is 2.83. The van der Waals surface area contributed by atoms with Crippen LogP contribution < -0.4 is 5.32 Å². The van der Waals surface area contributed by atoms with Crippen LogP contribution in [0.3, 0.4) is 0 Å². The van der Waals surface area contributed by atoms with Crippen molar-refractivity contribution in [3.05, 3.63) is 70.8 Å². The van der Waals surface area contributed by atoms with Gasteiger partial charge in [-0.3, -0.25) is 0 Å². The second kappa shape index (κ2) is 5.33. The van der Waals surface area contributed by atoms with Crippen LogP contribution in [0.15, 0.2) is 42.5 Å². The van der Waals surface area contributed by atoms with Gasteiger partial charge in [-0.05, 0) is 30.5 Å². The molecule has 2 atom stereocenters. The minimum atomic E-state index is -0.536. The Kier molecular flexibility index (Phi) is 3.53. The second-order valence-corrected chi connectivity index (χ2v) is 5.40. The van der Waals surface area contributed by atoms with E-state index < -0.39 is 11.6 Å². The van der Waals surface area contributed by atoms with Gasteiger partial charge in [0.1, 0.15) is 11.6 Å². The summed E-state index contributed by atoms with van der Waals surface area (Å²) in [4.78, 5) is 0. The third kappa shape index (κ3) is 2.46. The monoisotopic (exact) mass is 273 g/mol. The Hall–Kier alpha value is -1.74. The highest BCUT2D eigenvalue weighted by Gasteiger charge is 2.25. The molecule has 3 rings (SSSR count). The first kappa shape index (κ1) is 13.3. The third-order valence-corrected chi connectivity index (χ3v) is 4.06. The first-order valence-electron chi connectivity index (χ1n) is 6.91. The lowest BCUT2D eigenvalue weighted by atomic mass is 9.77. The summed E-state index contributed by atoms with van der Waals surface area (Å²) in [5, 5.41) is 3.34. The van der Waals surface area contributed by atoms with E-state index in [4.69, 9.17) is 0 Å². The van der Waals surface area contributed by atoms with E-state index in [0.29, 0.717) is 11.5 Å². The van der Waals surface area contributed by atoms with Gasteiger partial charge in [-0.15, -0.1) is 0 Å². The highest BCUT2D eigenvalue weighted by molar-refractivity contribution is 5.40. The van der Waals surface area contributed by atoms with E-state index in [2.05, 4.69) is 23.5 Å². The predicted octanol–water partition coefficient (Wildman–Crippen LogP) is 3.96. The molecule has 1 nitrogen and oxygen atoms in total. The smallest absolute Gasteiger partial charge is 0.130 e. The Bertz CT molecular complexity index is 624. The fraction of sp³-hybridized carbons (Fsp3) is 0.294. The molecule has 1 N–H and O–H groups in total. The molecule has 1 aliphatic rings. The lowest BCUT2D eigenvalue weighted by Gasteiger charge is -2.31. The molecule has 0 aromatic heterocycles. The zero-order chi connectivity index (χ0) is 14.1. The number of hydrogen-bond donors (Lipinski definition) is 1. The van der Waals surface area contributed by atoms with Gasteiger partial charge in [0.05, 0.1) is 0 Å². The minimum Gasteiger partial charge on any atom is -0.309 e. The molecule has 0 heterocycles. The first-order chi connectivity index (χ1) is 9.65. The molecule has 2 unspecified atom stereocenters. The van der Waals surface area contributed by atoms with Crippen molar-refractivity contribution in [2.75, 3.05) is 6.54 Å². The van der Waals surface area contributed by atoms with Crippen molar-refractivity contribution in [3.63, 3.8) is 0 Å². The molecule has 20 heavy (non-hydrogen) atoms. The van der Waals surface area contributed by atoms with Crippen LogP contribution in [0.2, 0.25) is 0 Å². The normalized spacial score (nSPS) is 18.2. The molecule has 104 valence electrons. The van der Waals surface area contributed by atoms with Crippen molar-refractivity contribution < 1.29 is 8.78 Å². The molecule has 2 aromatic rings. The highest BCUT2D eigenvalue weighted by Crippen LogP contribution is 2.34. The zero-order valence-electron chi connectivity index (χ0n) is 11.4. The summed E-state index contributed by atoms with van der Waals surface area (Å²) in [6.07, 6.45) is 1.07. The first-order valence-corrected chi connectivity index (χ1v) is 6.91. The van der Waals surface area contributed by atoms with Crippen LogP contribution in [-0.4, -0.2) is 6.54 Å². The van der Waals surface area contributed by atoms with E-state index in [1.165, 1.54) is 23.3 Å². The van der Waals surface area contributed by atoms with Crippen molar-refractivity contribution in [1.82, 2.24) is 5.32 Å². The predicted molar refractivity (Wildman–Crippen MR) is 75.7 cm³/mol. The number of benzene rings is 2. The summed E-state index contributed by atoms with van der Waals surface area (Å²) < 4.78 is 26.6. The van der Waals surface area contributed by atoms with Gasteiger partial charge in [0.15, 0.2) is 0 Å². The summed E-state index contributed by atoms with van der Waals surface area (Å²) in [6.45, 7) is 2.72. The maximum Gasteiger partial charge on any atom is 0.130 e. The molecule has 0 bridgehead atoms. The van der Waals surface area contributed by atoms with Gasteiger partial charge in [0.2, 0.25) is 0 Å². The molecule has 0 radical (unpaired) electrons. The van der Waals surface area contributed by atoms with Gasteiger partial charge in [0.25, 0.3) is 0 Å². The maximum absolute atomic E-state index is 13.7. The van der Waals surface area contributed by atoms with Crippen LogP contribution in [0.1, 0.15) is 35.6 Å². The molecule has 0 fully saturated rings. The Morgan fingerprint density at radius 1 is 1.20 bits per heavy atom. The van der Waals surface area contributed by atoms with Crippen molar-refractivity contribution >= 4 is 0 Å². The van der Waals surface area contributed by atoms with E-state index in [1.54, 1.807) is 0 Å². The Morgan fingerprint density at radius 2 is 2.00 bits per heavy atom. The summed E-state index contributed by atoms with van der Waals surface area (Å²) in [6, 6.07) is 12.0. The summed E-state index contributed by atoms with van der Waals surface area (Å²) >= 11 is 0. The van der Waals surface area contributed by atoms with Crippen LogP contribution in [0.25, 0.3) is 0 Å². The molecule has 2 aromatic carbocycles. The Labute approximate surface area is 117 Å². The van der Waals surface area contributed by atoms with Gasteiger partial charge in [0, 0.05) is 30.1 Å². The van der Waals surface area contributed by atoms with Crippen molar-refractivity contribution in [2.24, 2.45) is 0 Å². The van der Waals surface area contributed by atoms with E-state index in [0.717, 1.165) is 19.0 Å². The highest BCUT2D eigenvalue weighted by atomic mass is 19.1. The maximum atomic E-state index is 13.7. The summed E-state index contributed by atoms with van der Waals surface area (Å²) in [5.41, 5.74) is 3.30. The van der Waals surface area contributed by atoms with E-state index in [9.17, 15) is 8.78 Å². The van der Waals surface area contributed by atoms with Crippen LogP contribution in [-0.2, 0) is 6.42 Å². The fourth-order valence-corrected chi connectivity index (χ4v) is 2.83. The molecule has 0 amide bonds. The standard InChI is InChI=1S/C17H17F2N/c1-11(15-7-6-14(18)9-17(15)19)20-10-13-8-12-4-2-3-5-16(12)13/h2-7,9,11,13,20H,8,10H2,1H3. The van der Waals surface area contributed by atoms with Crippen LogP contribution in [0.5, 0.6) is 0 Å². The third-order valence-electron chi connectivity index (χ3n) is 4.06. The van der Waals surface area contributed by atoms with Crippen LogP contribution >= 0.6 is 0 Å². The second-order valence-electron chi connectivity index (χ2n) is 5.40. The number of hydrogen-bond acceptors (Lipinski definition) is 1. The van der Waals surface area contributed by atoms with Crippen molar-refractivity contribution in [1.29, 1.82) is 0 Å².